The molecule has 224 valence electrons. The number of rotatable bonds is 16. The van der Waals surface area contributed by atoms with Crippen LogP contribution >= 0.6 is 21.6 Å². The number of nitrogens with one attached hydrogen (secondary N) is 3. The molecule has 3 rings (SSSR count). The number of aromatic nitrogens is 3. The van der Waals surface area contributed by atoms with Gasteiger partial charge in [-0.1, -0.05) is 16.9 Å². The van der Waals surface area contributed by atoms with Crippen LogP contribution in [-0.4, -0.2) is 78.0 Å². The lowest BCUT2D eigenvalue weighted by Gasteiger charge is -2.18. The van der Waals surface area contributed by atoms with E-state index in [-0.39, 0.29) is 18.0 Å². The van der Waals surface area contributed by atoms with E-state index < -0.39 is 33.4 Å². The van der Waals surface area contributed by atoms with E-state index in [1.807, 2.05) is 37.3 Å². The fourth-order valence-corrected chi connectivity index (χ4v) is 6.31. The third-order valence-corrected chi connectivity index (χ3v) is 8.92. The molecule has 0 aliphatic rings. The van der Waals surface area contributed by atoms with E-state index in [1.54, 1.807) is 34.0 Å². The SMILES string of the molecule is Cc1ccnc(-c2cc(C(=O)NC(CS(C)(=O)=O)C(=O)NCCCCC(=O)NCCSSc3ccccn3)ccn2)c1. The summed E-state index contributed by atoms with van der Waals surface area (Å²) in [5.74, 6) is -1.12. The van der Waals surface area contributed by atoms with Crippen LogP contribution < -0.4 is 16.0 Å². The number of carbonyl (C=O) groups is 3. The Balaban J connectivity index is 1.42. The number of hydrogen-bond donors (Lipinski definition) is 3. The standard InChI is InChI=1S/C28H34N6O5S3/c1-20-9-13-29-22(17-20)23-18-21(10-14-30-23)27(36)34-24(19-42(2,38)39)28(37)33-12-5-3-7-25(35)31-15-16-40-41-26-8-4-6-11-32-26/h4,6,8-11,13-14,17-18,24H,3,5,7,12,15-16,19H2,1-2H3,(H,31,35)(H,33,37)(H,34,36). The highest BCUT2D eigenvalue weighted by atomic mass is 33.1. The van der Waals surface area contributed by atoms with E-state index in [0.29, 0.717) is 37.2 Å². The van der Waals surface area contributed by atoms with Gasteiger partial charge in [0.25, 0.3) is 5.91 Å². The molecule has 3 N–H and O–H groups in total. The van der Waals surface area contributed by atoms with Gasteiger partial charge in [-0.05, 0) is 72.5 Å². The molecule has 0 aromatic carbocycles. The highest BCUT2D eigenvalue weighted by Gasteiger charge is 2.25. The van der Waals surface area contributed by atoms with Gasteiger partial charge in [-0.25, -0.2) is 13.4 Å². The molecule has 3 aromatic rings. The van der Waals surface area contributed by atoms with Crippen LogP contribution in [0.15, 0.2) is 66.1 Å². The van der Waals surface area contributed by atoms with E-state index in [9.17, 15) is 22.8 Å². The highest BCUT2D eigenvalue weighted by Crippen LogP contribution is 2.28. The van der Waals surface area contributed by atoms with E-state index in [0.717, 1.165) is 22.6 Å². The molecule has 0 fully saturated rings. The first-order chi connectivity index (χ1) is 20.1. The Morgan fingerprint density at radius 1 is 0.905 bits per heavy atom. The maximum Gasteiger partial charge on any atom is 0.252 e. The second kappa shape index (κ2) is 16.8. The Kier molecular flexibility index (Phi) is 13.2. The zero-order valence-corrected chi connectivity index (χ0v) is 25.9. The van der Waals surface area contributed by atoms with Crippen molar-refractivity contribution in [3.63, 3.8) is 0 Å². The normalized spacial score (nSPS) is 11.9. The number of unbranched alkanes of at least 4 members (excludes halogenated alkanes) is 1. The summed E-state index contributed by atoms with van der Waals surface area (Å²) in [6.07, 6.45) is 7.19. The fourth-order valence-electron chi connectivity index (χ4n) is 3.68. The maximum absolute atomic E-state index is 13.0. The van der Waals surface area contributed by atoms with Crippen LogP contribution in [0.3, 0.4) is 0 Å². The summed E-state index contributed by atoms with van der Waals surface area (Å²) >= 11 is 0. The molecule has 1 atom stereocenters. The molecular formula is C28H34N6O5S3. The Morgan fingerprint density at radius 3 is 2.38 bits per heavy atom. The van der Waals surface area contributed by atoms with Crippen molar-refractivity contribution in [2.24, 2.45) is 0 Å². The largest absolute Gasteiger partial charge is 0.355 e. The van der Waals surface area contributed by atoms with Crippen LogP contribution in [0, 0.1) is 6.92 Å². The van der Waals surface area contributed by atoms with Gasteiger partial charge in [0.15, 0.2) is 0 Å². The molecule has 14 heteroatoms. The number of aryl methyl sites for hydroxylation is 1. The third kappa shape index (κ3) is 12.2. The van der Waals surface area contributed by atoms with Gasteiger partial charge in [-0.15, -0.1) is 0 Å². The van der Waals surface area contributed by atoms with Crippen LogP contribution in [0.1, 0.15) is 35.2 Å². The van der Waals surface area contributed by atoms with Crippen molar-refractivity contribution in [3.8, 4) is 11.4 Å². The van der Waals surface area contributed by atoms with E-state index in [1.165, 1.54) is 18.3 Å². The lowest BCUT2D eigenvalue weighted by atomic mass is 10.1. The highest BCUT2D eigenvalue weighted by molar-refractivity contribution is 8.76. The Morgan fingerprint density at radius 2 is 1.67 bits per heavy atom. The Hall–Kier alpha value is -3.49. The quantitative estimate of drug-likeness (QED) is 0.159. The molecular weight excluding hydrogens is 597 g/mol. The lowest BCUT2D eigenvalue weighted by Crippen LogP contribution is -2.50. The minimum absolute atomic E-state index is 0.0791. The van der Waals surface area contributed by atoms with Gasteiger partial charge in [0.2, 0.25) is 11.8 Å². The number of amides is 3. The molecule has 0 spiro atoms. The second-order valence-corrected chi connectivity index (χ2v) is 14.1. The summed E-state index contributed by atoms with van der Waals surface area (Å²) in [6.45, 7) is 2.68. The van der Waals surface area contributed by atoms with Gasteiger partial charge < -0.3 is 16.0 Å². The molecule has 3 heterocycles. The Labute approximate surface area is 253 Å². The van der Waals surface area contributed by atoms with Crippen molar-refractivity contribution >= 4 is 49.1 Å². The number of pyridine rings is 3. The predicted octanol–water partition coefficient (Wildman–Crippen LogP) is 2.83. The molecule has 3 aromatic heterocycles. The molecule has 3 amide bonds. The molecule has 0 radical (unpaired) electrons. The van der Waals surface area contributed by atoms with Crippen molar-refractivity contribution in [1.29, 1.82) is 0 Å². The number of sulfone groups is 1. The van der Waals surface area contributed by atoms with Crippen molar-refractivity contribution in [1.82, 2.24) is 30.9 Å². The van der Waals surface area contributed by atoms with Crippen molar-refractivity contribution in [3.05, 3.63) is 72.2 Å². The molecule has 0 aliphatic carbocycles. The molecule has 42 heavy (non-hydrogen) atoms. The van der Waals surface area contributed by atoms with Crippen LogP contribution in [0.4, 0.5) is 0 Å². The average Bonchev–Trinajstić information content (AvgIpc) is 2.96. The summed E-state index contributed by atoms with van der Waals surface area (Å²) < 4.78 is 24.0. The monoisotopic (exact) mass is 630 g/mol. The van der Waals surface area contributed by atoms with E-state index in [2.05, 4.69) is 30.9 Å². The fraction of sp³-hybridized carbons (Fsp3) is 0.357. The first-order valence-corrected chi connectivity index (χ1v) is 17.6. The smallest absolute Gasteiger partial charge is 0.252 e. The molecule has 11 nitrogen and oxygen atoms in total. The average molecular weight is 631 g/mol. The maximum atomic E-state index is 13.0. The summed E-state index contributed by atoms with van der Waals surface area (Å²) in [7, 11) is -0.427. The summed E-state index contributed by atoms with van der Waals surface area (Å²) in [5, 5.41) is 8.98. The van der Waals surface area contributed by atoms with E-state index >= 15 is 0 Å². The first kappa shape index (κ1) is 33.0. The zero-order valence-electron chi connectivity index (χ0n) is 23.4. The molecule has 0 saturated heterocycles. The molecule has 0 bridgehead atoms. The number of carbonyl (C=O) groups excluding carboxylic acids is 3. The third-order valence-electron chi connectivity index (χ3n) is 5.71. The van der Waals surface area contributed by atoms with Gasteiger partial charge in [0, 0.05) is 55.7 Å². The van der Waals surface area contributed by atoms with Crippen LogP contribution in [-0.2, 0) is 19.4 Å². The first-order valence-electron chi connectivity index (χ1n) is 13.2. The predicted molar refractivity (Wildman–Crippen MR) is 166 cm³/mol. The van der Waals surface area contributed by atoms with Crippen LogP contribution in [0.5, 0.6) is 0 Å². The van der Waals surface area contributed by atoms with E-state index in [4.69, 9.17) is 0 Å². The van der Waals surface area contributed by atoms with Crippen LogP contribution in [0.25, 0.3) is 11.4 Å². The van der Waals surface area contributed by atoms with Gasteiger partial charge >= 0.3 is 0 Å². The summed E-state index contributed by atoms with van der Waals surface area (Å²) in [6, 6.07) is 11.1. The van der Waals surface area contributed by atoms with Gasteiger partial charge in [0.05, 0.1) is 17.1 Å². The van der Waals surface area contributed by atoms with Gasteiger partial charge in [0.1, 0.15) is 20.9 Å². The van der Waals surface area contributed by atoms with Crippen molar-refractivity contribution < 1.29 is 22.8 Å². The zero-order chi connectivity index (χ0) is 30.4. The lowest BCUT2D eigenvalue weighted by molar-refractivity contribution is -0.122. The molecule has 0 aliphatic heterocycles. The van der Waals surface area contributed by atoms with Gasteiger partial charge in [-0.2, -0.15) is 0 Å². The molecule has 0 saturated carbocycles. The number of hydrogen-bond acceptors (Lipinski definition) is 10. The van der Waals surface area contributed by atoms with Crippen molar-refractivity contribution in [2.75, 3.05) is 30.9 Å². The second-order valence-electron chi connectivity index (χ2n) is 9.44. The van der Waals surface area contributed by atoms with Gasteiger partial charge in [-0.3, -0.25) is 24.4 Å². The van der Waals surface area contributed by atoms with Crippen LogP contribution in [0.2, 0.25) is 0 Å². The number of nitrogens with zero attached hydrogens (tertiary/aromatic N) is 3. The summed E-state index contributed by atoms with van der Waals surface area (Å²) in [5.41, 5.74) is 2.26. The molecule has 1 unspecified atom stereocenters. The minimum Gasteiger partial charge on any atom is -0.355 e. The van der Waals surface area contributed by atoms with Crippen molar-refractivity contribution in [2.45, 2.75) is 37.3 Å². The summed E-state index contributed by atoms with van der Waals surface area (Å²) in [4.78, 5) is 50.6. The minimum atomic E-state index is -3.59. The topological polar surface area (TPSA) is 160 Å². The Bertz CT molecular complexity index is 1460.